The van der Waals surface area contributed by atoms with E-state index in [2.05, 4.69) is 70.7 Å². The first-order chi connectivity index (χ1) is 12.9. The average Bonchev–Trinajstić information content (AvgIpc) is 3.17. The van der Waals surface area contributed by atoms with Crippen molar-refractivity contribution in [1.82, 2.24) is 10.1 Å². The highest BCUT2D eigenvalue weighted by molar-refractivity contribution is 5.22. The minimum absolute atomic E-state index is 0.510. The fraction of sp³-hybridized carbons (Fsp3) is 0.348. The van der Waals surface area contributed by atoms with Crippen LogP contribution < -0.4 is 0 Å². The molecule has 1 aliphatic rings. The molecule has 0 aliphatic carbocycles. The van der Waals surface area contributed by atoms with E-state index in [9.17, 15) is 0 Å². The van der Waals surface area contributed by atoms with Crippen molar-refractivity contribution < 1.29 is 4.52 Å². The first-order valence-electron chi connectivity index (χ1n) is 9.62. The molecule has 1 saturated heterocycles. The molecule has 3 nitrogen and oxygen atoms in total. The highest BCUT2D eigenvalue weighted by Crippen LogP contribution is 2.31. The van der Waals surface area contributed by atoms with Crippen molar-refractivity contribution in [2.75, 3.05) is 13.1 Å². The average molecular weight is 346 g/mol. The molecule has 1 aliphatic heterocycles. The molecule has 0 N–H and O–H groups in total. The van der Waals surface area contributed by atoms with Crippen molar-refractivity contribution in [2.45, 2.75) is 38.1 Å². The molecule has 0 spiro atoms. The Labute approximate surface area is 155 Å². The number of rotatable bonds is 6. The fourth-order valence-corrected chi connectivity index (χ4v) is 3.91. The van der Waals surface area contributed by atoms with Crippen molar-refractivity contribution in [2.24, 2.45) is 0 Å². The molecular formula is C23H26N2O. The molecule has 2 heterocycles. The lowest BCUT2D eigenvalue weighted by atomic mass is 9.90. The van der Waals surface area contributed by atoms with E-state index >= 15 is 0 Å². The Balaban J connectivity index is 1.33. The number of hydrogen-bond donors (Lipinski definition) is 0. The van der Waals surface area contributed by atoms with E-state index in [4.69, 9.17) is 4.52 Å². The van der Waals surface area contributed by atoms with Gasteiger partial charge < -0.3 is 4.52 Å². The van der Waals surface area contributed by atoms with Gasteiger partial charge in [-0.2, -0.15) is 0 Å². The predicted molar refractivity (Wildman–Crippen MR) is 104 cm³/mol. The first-order valence-corrected chi connectivity index (χ1v) is 9.62. The Morgan fingerprint density at radius 1 is 0.846 bits per heavy atom. The molecule has 1 aromatic heterocycles. The van der Waals surface area contributed by atoms with Gasteiger partial charge in [-0.25, -0.2) is 0 Å². The number of hydrogen-bond acceptors (Lipinski definition) is 3. The number of likely N-dealkylation sites (tertiary alicyclic amines) is 1. The van der Waals surface area contributed by atoms with Gasteiger partial charge in [0.25, 0.3) is 0 Å². The molecule has 0 unspecified atom stereocenters. The van der Waals surface area contributed by atoms with Crippen LogP contribution in [0, 0.1) is 0 Å². The molecule has 3 heteroatoms. The SMILES string of the molecule is c1ccc(CCc2cnoc2C2CCN(Cc3ccccc3)CC2)cc1. The molecular weight excluding hydrogens is 320 g/mol. The van der Waals surface area contributed by atoms with E-state index < -0.39 is 0 Å². The molecule has 0 saturated carbocycles. The fourth-order valence-electron chi connectivity index (χ4n) is 3.91. The van der Waals surface area contributed by atoms with E-state index in [1.54, 1.807) is 0 Å². The third kappa shape index (κ3) is 4.23. The van der Waals surface area contributed by atoms with Crippen LogP contribution >= 0.6 is 0 Å². The second-order valence-corrected chi connectivity index (χ2v) is 7.24. The van der Waals surface area contributed by atoms with Gasteiger partial charge in [0.05, 0.1) is 6.20 Å². The van der Waals surface area contributed by atoms with Crippen LogP contribution in [0.25, 0.3) is 0 Å². The third-order valence-corrected chi connectivity index (χ3v) is 5.41. The van der Waals surface area contributed by atoms with Crippen LogP contribution in [0.4, 0.5) is 0 Å². The second-order valence-electron chi connectivity index (χ2n) is 7.24. The maximum atomic E-state index is 5.68. The van der Waals surface area contributed by atoms with E-state index in [1.165, 1.54) is 16.7 Å². The van der Waals surface area contributed by atoms with Gasteiger partial charge in [0.1, 0.15) is 5.76 Å². The maximum Gasteiger partial charge on any atom is 0.143 e. The lowest BCUT2D eigenvalue weighted by Gasteiger charge is -2.31. The van der Waals surface area contributed by atoms with Crippen molar-refractivity contribution in [3.63, 3.8) is 0 Å². The largest absolute Gasteiger partial charge is 0.361 e. The standard InChI is InChI=1S/C23H26N2O/c1-3-7-19(8-4-1)11-12-22-17-24-26-23(22)21-13-15-25(16-14-21)18-20-9-5-2-6-10-20/h1-10,17,21H,11-16,18H2. The van der Waals surface area contributed by atoms with E-state index in [0.717, 1.165) is 51.1 Å². The quantitative estimate of drug-likeness (QED) is 0.639. The highest BCUT2D eigenvalue weighted by Gasteiger charge is 2.25. The monoisotopic (exact) mass is 346 g/mol. The minimum Gasteiger partial charge on any atom is -0.361 e. The van der Waals surface area contributed by atoms with Gasteiger partial charge in [-0.3, -0.25) is 4.90 Å². The molecule has 0 bridgehead atoms. The molecule has 3 aromatic rings. The summed E-state index contributed by atoms with van der Waals surface area (Å²) in [6.45, 7) is 3.29. The molecule has 26 heavy (non-hydrogen) atoms. The van der Waals surface area contributed by atoms with Crippen LogP contribution in [0.3, 0.4) is 0 Å². The lowest BCUT2D eigenvalue weighted by molar-refractivity contribution is 0.189. The Morgan fingerprint density at radius 2 is 1.50 bits per heavy atom. The summed E-state index contributed by atoms with van der Waals surface area (Å²) in [5.74, 6) is 1.63. The summed E-state index contributed by atoms with van der Waals surface area (Å²) in [4.78, 5) is 2.55. The molecule has 0 amide bonds. The van der Waals surface area contributed by atoms with Crippen molar-refractivity contribution in [3.8, 4) is 0 Å². The Kier molecular flexibility index (Phi) is 5.46. The van der Waals surface area contributed by atoms with Gasteiger partial charge in [-0.15, -0.1) is 0 Å². The summed E-state index contributed by atoms with van der Waals surface area (Å²) in [5.41, 5.74) is 4.06. The smallest absolute Gasteiger partial charge is 0.143 e. The molecule has 134 valence electrons. The maximum absolute atomic E-state index is 5.68. The number of aryl methyl sites for hydroxylation is 2. The third-order valence-electron chi connectivity index (χ3n) is 5.41. The summed E-state index contributed by atoms with van der Waals surface area (Å²) in [5, 5.41) is 4.11. The van der Waals surface area contributed by atoms with Crippen molar-refractivity contribution in [3.05, 3.63) is 89.3 Å². The predicted octanol–water partition coefficient (Wildman–Crippen LogP) is 4.84. The molecule has 0 radical (unpaired) electrons. The normalized spacial score (nSPS) is 16.0. The topological polar surface area (TPSA) is 29.3 Å². The number of benzene rings is 2. The Bertz CT molecular complexity index is 789. The van der Waals surface area contributed by atoms with E-state index in [1.807, 2.05) is 6.20 Å². The van der Waals surface area contributed by atoms with Gasteiger partial charge in [-0.05, 0) is 49.9 Å². The minimum atomic E-state index is 0.510. The van der Waals surface area contributed by atoms with Gasteiger partial charge in [0, 0.05) is 18.0 Å². The number of piperidine rings is 1. The first kappa shape index (κ1) is 17.0. The van der Waals surface area contributed by atoms with Crippen LogP contribution in [0.2, 0.25) is 0 Å². The summed E-state index contributed by atoms with van der Waals surface area (Å²) in [6.07, 6.45) is 6.28. The van der Waals surface area contributed by atoms with Crippen LogP contribution in [0.5, 0.6) is 0 Å². The van der Waals surface area contributed by atoms with E-state index in [0.29, 0.717) is 5.92 Å². The van der Waals surface area contributed by atoms with E-state index in [-0.39, 0.29) is 0 Å². The van der Waals surface area contributed by atoms with Gasteiger partial charge >= 0.3 is 0 Å². The zero-order valence-corrected chi connectivity index (χ0v) is 15.2. The summed E-state index contributed by atoms with van der Waals surface area (Å²) < 4.78 is 5.68. The van der Waals surface area contributed by atoms with Crippen LogP contribution in [0.15, 0.2) is 71.4 Å². The van der Waals surface area contributed by atoms with Crippen LogP contribution in [-0.4, -0.2) is 23.1 Å². The Hall–Kier alpha value is -2.39. The van der Waals surface area contributed by atoms with Gasteiger partial charge in [0.15, 0.2) is 0 Å². The molecule has 0 atom stereocenters. The zero-order chi connectivity index (χ0) is 17.6. The summed E-state index contributed by atoms with van der Waals surface area (Å²) in [7, 11) is 0. The number of nitrogens with zero attached hydrogens (tertiary/aromatic N) is 2. The van der Waals surface area contributed by atoms with Crippen molar-refractivity contribution >= 4 is 0 Å². The zero-order valence-electron chi connectivity index (χ0n) is 15.2. The second kappa shape index (κ2) is 8.33. The lowest BCUT2D eigenvalue weighted by Crippen LogP contribution is -2.32. The van der Waals surface area contributed by atoms with Gasteiger partial charge in [-0.1, -0.05) is 65.8 Å². The Morgan fingerprint density at radius 3 is 2.19 bits per heavy atom. The summed E-state index contributed by atoms with van der Waals surface area (Å²) >= 11 is 0. The highest BCUT2D eigenvalue weighted by atomic mass is 16.5. The molecule has 4 rings (SSSR count). The molecule has 2 aromatic carbocycles. The van der Waals surface area contributed by atoms with Crippen LogP contribution in [-0.2, 0) is 19.4 Å². The van der Waals surface area contributed by atoms with Crippen LogP contribution in [0.1, 0.15) is 41.2 Å². The summed E-state index contributed by atoms with van der Waals surface area (Å²) in [6, 6.07) is 21.4. The van der Waals surface area contributed by atoms with Gasteiger partial charge in [0.2, 0.25) is 0 Å². The number of aromatic nitrogens is 1. The van der Waals surface area contributed by atoms with Crippen molar-refractivity contribution in [1.29, 1.82) is 0 Å². The molecule has 1 fully saturated rings.